The Morgan fingerprint density at radius 1 is 0.750 bits per heavy atom. The van der Waals surface area contributed by atoms with E-state index in [0.29, 0.717) is 35.1 Å². The zero-order valence-electron chi connectivity index (χ0n) is 21.1. The van der Waals surface area contributed by atoms with Gasteiger partial charge in [0.05, 0.1) is 0 Å². The molecule has 0 aliphatic carbocycles. The normalized spacial score (nSPS) is 13.1. The molecule has 36 heavy (non-hydrogen) atoms. The standard InChI is InChI=1S/C28H36N2O6/c1-28(2,3)20-12-8-10-18(16-22(30)27(35)36)25(20)24(32)14-7-6-13-23(31)19-11-5-4-9-17(19)15-21(29)26(33)34/h4-5,8-12,21-22H,6-7,13-16,29-30H2,1-3H3,(H,33,34)(H,35,36). The maximum absolute atomic E-state index is 13.3. The molecule has 2 rings (SSSR count). The van der Waals surface area contributed by atoms with Crippen LogP contribution in [0.5, 0.6) is 0 Å². The van der Waals surface area contributed by atoms with Gasteiger partial charge in [-0.25, -0.2) is 0 Å². The van der Waals surface area contributed by atoms with E-state index in [1.54, 1.807) is 30.3 Å². The third-order valence-corrected chi connectivity index (χ3v) is 6.13. The van der Waals surface area contributed by atoms with Gasteiger partial charge >= 0.3 is 11.9 Å². The first-order valence-electron chi connectivity index (χ1n) is 12.1. The highest BCUT2D eigenvalue weighted by molar-refractivity contribution is 6.00. The van der Waals surface area contributed by atoms with Gasteiger partial charge in [-0.3, -0.25) is 19.2 Å². The first kappa shape index (κ1) is 28.9. The maximum Gasteiger partial charge on any atom is 0.320 e. The lowest BCUT2D eigenvalue weighted by Crippen LogP contribution is -2.33. The Morgan fingerprint density at radius 2 is 1.25 bits per heavy atom. The molecule has 8 nitrogen and oxygen atoms in total. The van der Waals surface area contributed by atoms with Crippen LogP contribution in [0, 0.1) is 0 Å². The van der Waals surface area contributed by atoms with E-state index in [4.69, 9.17) is 16.6 Å². The average molecular weight is 497 g/mol. The number of rotatable bonds is 13. The van der Waals surface area contributed by atoms with Crippen molar-refractivity contribution in [3.63, 3.8) is 0 Å². The molecule has 194 valence electrons. The lowest BCUT2D eigenvalue weighted by atomic mass is 9.79. The molecule has 0 aromatic heterocycles. The predicted molar refractivity (Wildman–Crippen MR) is 137 cm³/mol. The summed E-state index contributed by atoms with van der Waals surface area (Å²) in [7, 11) is 0. The summed E-state index contributed by atoms with van der Waals surface area (Å²) in [5.41, 5.74) is 14.1. The topological polar surface area (TPSA) is 161 Å². The van der Waals surface area contributed by atoms with Crippen LogP contribution in [0.25, 0.3) is 0 Å². The van der Waals surface area contributed by atoms with Gasteiger partial charge in [-0.05, 0) is 47.8 Å². The summed E-state index contributed by atoms with van der Waals surface area (Å²) in [6.45, 7) is 5.98. The van der Waals surface area contributed by atoms with Crippen LogP contribution in [-0.4, -0.2) is 45.8 Å². The fourth-order valence-electron chi connectivity index (χ4n) is 4.17. The first-order valence-corrected chi connectivity index (χ1v) is 12.1. The molecule has 2 unspecified atom stereocenters. The van der Waals surface area contributed by atoms with Gasteiger partial charge in [0.1, 0.15) is 12.1 Å². The molecule has 8 heteroatoms. The Hall–Kier alpha value is -3.36. The van der Waals surface area contributed by atoms with Crippen molar-refractivity contribution < 1.29 is 29.4 Å². The number of carboxylic acids is 2. The Labute approximate surface area is 211 Å². The van der Waals surface area contributed by atoms with Crippen LogP contribution < -0.4 is 11.5 Å². The molecule has 2 atom stereocenters. The first-order chi connectivity index (χ1) is 16.8. The number of hydrogen-bond donors (Lipinski definition) is 4. The molecular weight excluding hydrogens is 460 g/mol. The lowest BCUT2D eigenvalue weighted by molar-refractivity contribution is -0.139. The van der Waals surface area contributed by atoms with Crippen LogP contribution in [0.2, 0.25) is 0 Å². The van der Waals surface area contributed by atoms with Crippen molar-refractivity contribution in [3.05, 3.63) is 70.3 Å². The van der Waals surface area contributed by atoms with E-state index < -0.39 is 24.0 Å². The third-order valence-electron chi connectivity index (χ3n) is 6.13. The van der Waals surface area contributed by atoms with Crippen LogP contribution in [0.1, 0.15) is 83.9 Å². The van der Waals surface area contributed by atoms with Crippen molar-refractivity contribution in [1.82, 2.24) is 0 Å². The van der Waals surface area contributed by atoms with Gasteiger partial charge in [0.25, 0.3) is 0 Å². The summed E-state index contributed by atoms with van der Waals surface area (Å²) in [5, 5.41) is 18.3. The van der Waals surface area contributed by atoms with Gasteiger partial charge in [-0.15, -0.1) is 0 Å². The van der Waals surface area contributed by atoms with Gasteiger partial charge in [0.15, 0.2) is 11.6 Å². The molecule has 0 aliphatic heterocycles. The minimum absolute atomic E-state index is 0.0497. The van der Waals surface area contributed by atoms with Crippen molar-refractivity contribution >= 4 is 23.5 Å². The largest absolute Gasteiger partial charge is 0.480 e. The number of hydrogen-bond acceptors (Lipinski definition) is 6. The number of Topliss-reactive ketones (excluding diaryl/α,β-unsaturated/α-hetero) is 2. The van der Waals surface area contributed by atoms with Gasteiger partial charge < -0.3 is 21.7 Å². The van der Waals surface area contributed by atoms with Gasteiger partial charge in [0.2, 0.25) is 0 Å². The highest BCUT2D eigenvalue weighted by Crippen LogP contribution is 2.30. The molecule has 0 bridgehead atoms. The zero-order chi connectivity index (χ0) is 27.0. The maximum atomic E-state index is 13.3. The number of carbonyl (C=O) groups is 4. The van der Waals surface area contributed by atoms with Crippen molar-refractivity contribution in [2.24, 2.45) is 11.5 Å². The lowest BCUT2D eigenvalue weighted by Gasteiger charge is -2.25. The summed E-state index contributed by atoms with van der Waals surface area (Å²) in [5.74, 6) is -2.49. The van der Waals surface area contributed by atoms with Crippen LogP contribution in [0.4, 0.5) is 0 Å². The van der Waals surface area contributed by atoms with Crippen LogP contribution in [-0.2, 0) is 27.8 Å². The number of carboxylic acid groups (broad SMARTS) is 2. The number of aliphatic carboxylic acids is 2. The molecule has 0 amide bonds. The number of nitrogens with two attached hydrogens (primary N) is 2. The van der Waals surface area contributed by atoms with E-state index >= 15 is 0 Å². The molecular formula is C28H36N2O6. The average Bonchev–Trinajstić information content (AvgIpc) is 2.80. The monoisotopic (exact) mass is 496 g/mol. The molecule has 6 N–H and O–H groups in total. The summed E-state index contributed by atoms with van der Waals surface area (Å²) in [6.07, 6.45) is 1.48. The van der Waals surface area contributed by atoms with Crippen molar-refractivity contribution in [3.8, 4) is 0 Å². The summed E-state index contributed by atoms with van der Waals surface area (Å²) < 4.78 is 0. The van der Waals surface area contributed by atoms with Crippen LogP contribution in [0.3, 0.4) is 0 Å². The van der Waals surface area contributed by atoms with Gasteiger partial charge in [-0.1, -0.05) is 63.2 Å². The predicted octanol–water partition coefficient (Wildman–Crippen LogP) is 3.52. The second-order valence-electron chi connectivity index (χ2n) is 10.1. The summed E-state index contributed by atoms with van der Waals surface area (Å²) in [4.78, 5) is 48.5. The third kappa shape index (κ3) is 7.83. The number of ketones is 2. The van der Waals surface area contributed by atoms with E-state index in [1.807, 2.05) is 32.9 Å². The Morgan fingerprint density at radius 3 is 1.81 bits per heavy atom. The van der Waals surface area contributed by atoms with Gasteiger partial charge in [0, 0.05) is 24.0 Å². The molecule has 2 aromatic carbocycles. The van der Waals surface area contributed by atoms with Crippen LogP contribution in [0.15, 0.2) is 42.5 Å². The second kappa shape index (κ2) is 12.6. The molecule has 0 heterocycles. The molecule has 0 spiro atoms. The quantitative estimate of drug-likeness (QED) is 0.242. The Balaban J connectivity index is 2.10. The van der Waals surface area contributed by atoms with E-state index in [1.165, 1.54) is 0 Å². The fraction of sp³-hybridized carbons (Fsp3) is 0.429. The number of unbranched alkanes of at least 4 members (excludes halogenated alkanes) is 1. The Bertz CT molecular complexity index is 1120. The Kier molecular flexibility index (Phi) is 10.1. The molecule has 0 saturated carbocycles. The molecule has 0 aliphatic rings. The minimum atomic E-state index is -1.13. The van der Waals surface area contributed by atoms with Crippen LogP contribution >= 0.6 is 0 Å². The SMILES string of the molecule is CC(C)(C)c1cccc(CC(N)C(=O)O)c1C(=O)CCCCC(=O)c1ccccc1CC(N)C(=O)O. The highest BCUT2D eigenvalue weighted by atomic mass is 16.4. The van der Waals surface area contributed by atoms with Crippen molar-refractivity contribution in [1.29, 1.82) is 0 Å². The minimum Gasteiger partial charge on any atom is -0.480 e. The second-order valence-corrected chi connectivity index (χ2v) is 10.1. The highest BCUT2D eigenvalue weighted by Gasteiger charge is 2.26. The molecule has 0 saturated heterocycles. The smallest absolute Gasteiger partial charge is 0.320 e. The summed E-state index contributed by atoms with van der Waals surface area (Å²) >= 11 is 0. The number of carbonyl (C=O) groups excluding carboxylic acids is 2. The zero-order valence-corrected chi connectivity index (χ0v) is 21.1. The van der Waals surface area contributed by atoms with Crippen molar-refractivity contribution in [2.75, 3.05) is 0 Å². The van der Waals surface area contributed by atoms with E-state index in [0.717, 1.165) is 5.56 Å². The van der Waals surface area contributed by atoms with Crippen molar-refractivity contribution in [2.45, 2.75) is 76.8 Å². The van der Waals surface area contributed by atoms with E-state index in [9.17, 15) is 24.3 Å². The fourth-order valence-corrected chi connectivity index (χ4v) is 4.17. The van der Waals surface area contributed by atoms with E-state index in [-0.39, 0.29) is 42.7 Å². The van der Waals surface area contributed by atoms with E-state index in [2.05, 4.69) is 0 Å². The molecule has 0 radical (unpaired) electrons. The van der Waals surface area contributed by atoms with Gasteiger partial charge in [-0.2, -0.15) is 0 Å². The molecule has 2 aromatic rings. The summed E-state index contributed by atoms with van der Waals surface area (Å²) in [6, 6.07) is 10.1. The molecule has 0 fully saturated rings. The number of benzene rings is 2.